The van der Waals surface area contributed by atoms with Crippen LogP contribution >= 0.6 is 0 Å². The molecule has 0 aromatic heterocycles. The van der Waals surface area contributed by atoms with Crippen molar-refractivity contribution in [3.8, 4) is 0 Å². The van der Waals surface area contributed by atoms with Crippen LogP contribution in [0.15, 0.2) is 24.9 Å². The van der Waals surface area contributed by atoms with Gasteiger partial charge in [0.15, 0.2) is 0 Å². The molecule has 0 saturated carbocycles. The van der Waals surface area contributed by atoms with Gasteiger partial charge >= 0.3 is 0 Å². The lowest BCUT2D eigenvalue weighted by Crippen LogP contribution is -2.53. The molecular formula is C14H27N. The minimum atomic E-state index is 0.130. The molecule has 1 nitrogen and oxygen atoms in total. The Morgan fingerprint density at radius 1 is 1.07 bits per heavy atom. The quantitative estimate of drug-likeness (QED) is 0.587. The monoisotopic (exact) mass is 209 g/mol. The van der Waals surface area contributed by atoms with E-state index in [1.807, 2.05) is 6.08 Å². The fourth-order valence-corrected chi connectivity index (χ4v) is 2.00. The van der Waals surface area contributed by atoms with Crippen molar-refractivity contribution < 1.29 is 0 Å². The van der Waals surface area contributed by atoms with Gasteiger partial charge in [0.05, 0.1) is 0 Å². The molecule has 0 N–H and O–H groups in total. The van der Waals surface area contributed by atoms with Gasteiger partial charge in [-0.15, -0.1) is 0 Å². The average molecular weight is 209 g/mol. The van der Waals surface area contributed by atoms with Gasteiger partial charge in [0.1, 0.15) is 0 Å². The molecule has 0 aliphatic rings. The van der Waals surface area contributed by atoms with Crippen molar-refractivity contribution in [2.75, 3.05) is 0 Å². The molecule has 88 valence electrons. The molecule has 0 aliphatic heterocycles. The zero-order chi connectivity index (χ0) is 12.3. The second-order valence-corrected chi connectivity index (χ2v) is 5.36. The fraction of sp³-hybridized carbons (Fsp3) is 0.714. The Morgan fingerprint density at radius 3 is 1.60 bits per heavy atom. The fourth-order valence-electron chi connectivity index (χ4n) is 2.00. The minimum Gasteiger partial charge on any atom is -0.362 e. The van der Waals surface area contributed by atoms with Crippen molar-refractivity contribution in [1.82, 2.24) is 4.90 Å². The van der Waals surface area contributed by atoms with E-state index < -0.39 is 0 Å². The maximum Gasteiger partial charge on any atom is 0.0348 e. The Bertz CT molecular complexity index is 220. The Hall–Kier alpha value is -0.720. The molecule has 0 spiro atoms. The zero-order valence-electron chi connectivity index (χ0n) is 11.4. The zero-order valence-corrected chi connectivity index (χ0v) is 11.4. The number of rotatable bonds is 6. The molecular weight excluding hydrogens is 182 g/mol. The highest BCUT2D eigenvalue weighted by Crippen LogP contribution is 2.33. The SMILES string of the molecule is C=CC(=C)N(C(C)(C)CC)C(C)(C)CC. The molecule has 0 amide bonds. The van der Waals surface area contributed by atoms with Crippen LogP contribution in [0.2, 0.25) is 0 Å². The summed E-state index contributed by atoms with van der Waals surface area (Å²) in [7, 11) is 0. The number of allylic oxidation sites excluding steroid dienone is 1. The second-order valence-electron chi connectivity index (χ2n) is 5.36. The van der Waals surface area contributed by atoms with Crippen LogP contribution in [0.3, 0.4) is 0 Å². The summed E-state index contributed by atoms with van der Waals surface area (Å²) in [5.41, 5.74) is 1.28. The van der Waals surface area contributed by atoms with E-state index in [2.05, 4.69) is 59.6 Å². The van der Waals surface area contributed by atoms with Gasteiger partial charge < -0.3 is 4.90 Å². The Balaban J connectivity index is 5.24. The van der Waals surface area contributed by atoms with Crippen molar-refractivity contribution >= 4 is 0 Å². The van der Waals surface area contributed by atoms with Crippen molar-refractivity contribution in [2.24, 2.45) is 0 Å². The van der Waals surface area contributed by atoms with Crippen LogP contribution in [0, 0.1) is 0 Å². The highest BCUT2D eigenvalue weighted by molar-refractivity contribution is 5.16. The van der Waals surface area contributed by atoms with E-state index in [0.29, 0.717) is 0 Å². The first-order chi connectivity index (χ1) is 6.72. The van der Waals surface area contributed by atoms with Crippen LogP contribution < -0.4 is 0 Å². The van der Waals surface area contributed by atoms with Crippen molar-refractivity contribution in [2.45, 2.75) is 65.5 Å². The van der Waals surface area contributed by atoms with E-state index in [-0.39, 0.29) is 11.1 Å². The van der Waals surface area contributed by atoms with Crippen molar-refractivity contribution in [3.05, 3.63) is 24.9 Å². The second kappa shape index (κ2) is 4.87. The van der Waals surface area contributed by atoms with Gasteiger partial charge in [-0.1, -0.05) is 27.0 Å². The van der Waals surface area contributed by atoms with Gasteiger partial charge in [-0.3, -0.25) is 0 Å². The highest BCUT2D eigenvalue weighted by atomic mass is 15.3. The maximum absolute atomic E-state index is 4.11. The van der Waals surface area contributed by atoms with E-state index in [4.69, 9.17) is 0 Å². The third kappa shape index (κ3) is 3.12. The molecule has 0 fully saturated rings. The van der Waals surface area contributed by atoms with Crippen LogP contribution in [-0.2, 0) is 0 Å². The first kappa shape index (κ1) is 14.3. The largest absolute Gasteiger partial charge is 0.362 e. The lowest BCUT2D eigenvalue weighted by atomic mass is 9.88. The average Bonchev–Trinajstić information content (AvgIpc) is 2.17. The lowest BCUT2D eigenvalue weighted by Gasteiger charge is -2.50. The smallest absolute Gasteiger partial charge is 0.0348 e. The summed E-state index contributed by atoms with van der Waals surface area (Å²) in [5, 5.41) is 0. The van der Waals surface area contributed by atoms with Crippen LogP contribution in [-0.4, -0.2) is 16.0 Å². The van der Waals surface area contributed by atoms with Crippen LogP contribution in [0.1, 0.15) is 54.4 Å². The Morgan fingerprint density at radius 2 is 1.40 bits per heavy atom. The first-order valence-corrected chi connectivity index (χ1v) is 5.84. The molecule has 0 heterocycles. The standard InChI is InChI=1S/C14H27N/c1-9-12(4)15(13(5,6)10-2)14(7,8)11-3/h9H,1,4,10-11H2,2-3,5-8H3. The predicted molar refractivity (Wildman–Crippen MR) is 69.9 cm³/mol. The molecule has 0 aromatic rings. The summed E-state index contributed by atoms with van der Waals surface area (Å²) < 4.78 is 0. The molecule has 1 heteroatoms. The summed E-state index contributed by atoms with van der Waals surface area (Å²) in [5.74, 6) is 0. The van der Waals surface area contributed by atoms with E-state index >= 15 is 0 Å². The number of hydrogen-bond acceptors (Lipinski definition) is 1. The molecule has 0 saturated heterocycles. The van der Waals surface area contributed by atoms with E-state index in [1.54, 1.807) is 0 Å². The highest BCUT2D eigenvalue weighted by Gasteiger charge is 2.35. The summed E-state index contributed by atoms with van der Waals surface area (Å²) >= 11 is 0. The van der Waals surface area contributed by atoms with Crippen molar-refractivity contribution in [1.29, 1.82) is 0 Å². The molecule has 0 aliphatic carbocycles. The molecule has 0 rings (SSSR count). The van der Waals surface area contributed by atoms with Crippen LogP contribution in [0.5, 0.6) is 0 Å². The third-order valence-corrected chi connectivity index (χ3v) is 3.46. The summed E-state index contributed by atoms with van der Waals surface area (Å²) in [6.07, 6.45) is 4.06. The van der Waals surface area contributed by atoms with Crippen LogP contribution in [0.4, 0.5) is 0 Å². The van der Waals surface area contributed by atoms with Gasteiger partial charge in [-0.05, 0) is 46.6 Å². The number of hydrogen-bond donors (Lipinski definition) is 0. The Kier molecular flexibility index (Phi) is 4.64. The maximum atomic E-state index is 4.11. The van der Waals surface area contributed by atoms with Gasteiger partial charge in [-0.25, -0.2) is 0 Å². The molecule has 0 radical (unpaired) electrons. The molecule has 0 unspecified atom stereocenters. The van der Waals surface area contributed by atoms with Gasteiger partial charge in [0, 0.05) is 16.8 Å². The topological polar surface area (TPSA) is 3.24 Å². The van der Waals surface area contributed by atoms with E-state index in [0.717, 1.165) is 18.5 Å². The van der Waals surface area contributed by atoms with Gasteiger partial charge in [0.25, 0.3) is 0 Å². The predicted octanol–water partition coefficient (Wildman–Crippen LogP) is 4.37. The summed E-state index contributed by atoms with van der Waals surface area (Å²) in [6.45, 7) is 21.4. The normalized spacial score (nSPS) is 12.4. The third-order valence-electron chi connectivity index (χ3n) is 3.46. The lowest BCUT2D eigenvalue weighted by molar-refractivity contribution is 0.0534. The van der Waals surface area contributed by atoms with Gasteiger partial charge in [-0.2, -0.15) is 0 Å². The van der Waals surface area contributed by atoms with E-state index in [9.17, 15) is 0 Å². The molecule has 0 atom stereocenters. The number of nitrogens with zero attached hydrogens (tertiary/aromatic N) is 1. The Labute approximate surface area is 95.9 Å². The molecule has 15 heavy (non-hydrogen) atoms. The summed E-state index contributed by atoms with van der Waals surface area (Å²) in [4.78, 5) is 2.40. The van der Waals surface area contributed by atoms with Gasteiger partial charge in [0.2, 0.25) is 0 Å². The first-order valence-electron chi connectivity index (χ1n) is 5.84. The summed E-state index contributed by atoms with van der Waals surface area (Å²) in [6, 6.07) is 0. The molecule has 0 bridgehead atoms. The van der Waals surface area contributed by atoms with Crippen molar-refractivity contribution in [3.63, 3.8) is 0 Å². The minimum absolute atomic E-state index is 0.130. The molecule has 0 aromatic carbocycles. The van der Waals surface area contributed by atoms with E-state index in [1.165, 1.54) is 0 Å². The van der Waals surface area contributed by atoms with Crippen LogP contribution in [0.25, 0.3) is 0 Å².